The van der Waals surface area contributed by atoms with Gasteiger partial charge in [0.05, 0.1) is 19.8 Å². The highest BCUT2D eigenvalue weighted by Gasteiger charge is 2.17. The molecule has 0 aliphatic rings. The van der Waals surface area contributed by atoms with E-state index < -0.39 is 0 Å². The molecule has 0 radical (unpaired) electrons. The van der Waals surface area contributed by atoms with Crippen LogP contribution in [0.4, 0.5) is 0 Å². The summed E-state index contributed by atoms with van der Waals surface area (Å²) in [6.07, 6.45) is 0. The quantitative estimate of drug-likeness (QED) is 0.731. The molecule has 1 amide bonds. The number of amides is 1. The second-order valence-corrected chi connectivity index (χ2v) is 3.83. The van der Waals surface area contributed by atoms with Crippen molar-refractivity contribution in [3.05, 3.63) is 35.4 Å². The Bertz CT molecular complexity index is 375. The van der Waals surface area contributed by atoms with E-state index in [0.717, 1.165) is 5.56 Å². The van der Waals surface area contributed by atoms with Crippen LogP contribution in [0.3, 0.4) is 0 Å². The molecule has 100 valence electrons. The van der Waals surface area contributed by atoms with E-state index in [1.807, 2.05) is 12.1 Å². The van der Waals surface area contributed by atoms with E-state index in [1.54, 1.807) is 19.2 Å². The highest BCUT2D eigenvalue weighted by atomic mass is 16.5. The molecule has 0 atom stereocenters. The number of hydrogen-bond acceptors (Lipinski definition) is 4. The third kappa shape index (κ3) is 3.80. The van der Waals surface area contributed by atoms with Gasteiger partial charge in [-0.15, -0.1) is 0 Å². The number of nitrogens with zero attached hydrogens (tertiary/aromatic N) is 1. The first-order valence-electron chi connectivity index (χ1n) is 5.82. The number of aliphatic hydroxyl groups is 2. The number of rotatable bonds is 7. The third-order valence-electron chi connectivity index (χ3n) is 2.57. The third-order valence-corrected chi connectivity index (χ3v) is 2.57. The van der Waals surface area contributed by atoms with Crippen molar-refractivity contribution >= 4 is 5.91 Å². The van der Waals surface area contributed by atoms with E-state index in [1.165, 1.54) is 4.90 Å². The number of carbonyl (C=O) groups excluding carboxylic acids is 1. The predicted octanol–water partition coefficient (Wildman–Crippen LogP) is 0.260. The van der Waals surface area contributed by atoms with Gasteiger partial charge in [-0.05, 0) is 11.6 Å². The van der Waals surface area contributed by atoms with Crippen LogP contribution in [-0.4, -0.2) is 54.4 Å². The van der Waals surface area contributed by atoms with Gasteiger partial charge in [0.2, 0.25) is 0 Å². The summed E-state index contributed by atoms with van der Waals surface area (Å²) < 4.78 is 5.05. The number of hydrogen-bond donors (Lipinski definition) is 2. The van der Waals surface area contributed by atoms with E-state index in [0.29, 0.717) is 12.2 Å². The minimum atomic E-state index is -0.203. The molecule has 0 saturated carbocycles. The van der Waals surface area contributed by atoms with Crippen molar-refractivity contribution in [3.8, 4) is 0 Å². The zero-order valence-electron chi connectivity index (χ0n) is 10.5. The van der Waals surface area contributed by atoms with Gasteiger partial charge in [-0.3, -0.25) is 4.79 Å². The molecule has 0 bridgehead atoms. The molecule has 1 rings (SSSR count). The van der Waals surface area contributed by atoms with E-state index in [9.17, 15) is 4.79 Å². The molecule has 0 saturated heterocycles. The smallest absolute Gasteiger partial charge is 0.254 e. The zero-order chi connectivity index (χ0) is 13.4. The largest absolute Gasteiger partial charge is 0.395 e. The second kappa shape index (κ2) is 7.81. The fourth-order valence-electron chi connectivity index (χ4n) is 1.74. The first-order chi connectivity index (χ1) is 8.74. The average molecular weight is 253 g/mol. The second-order valence-electron chi connectivity index (χ2n) is 3.83. The number of carbonyl (C=O) groups is 1. The topological polar surface area (TPSA) is 70.0 Å². The van der Waals surface area contributed by atoms with Crippen molar-refractivity contribution in [1.82, 2.24) is 4.90 Å². The van der Waals surface area contributed by atoms with Crippen LogP contribution >= 0.6 is 0 Å². The minimum Gasteiger partial charge on any atom is -0.395 e. The molecular weight excluding hydrogens is 234 g/mol. The van der Waals surface area contributed by atoms with Crippen LogP contribution in [0, 0.1) is 0 Å². The van der Waals surface area contributed by atoms with Gasteiger partial charge >= 0.3 is 0 Å². The normalized spacial score (nSPS) is 10.4. The Hall–Kier alpha value is -1.43. The summed E-state index contributed by atoms with van der Waals surface area (Å²) >= 11 is 0. The van der Waals surface area contributed by atoms with Crippen LogP contribution in [0.15, 0.2) is 24.3 Å². The Labute approximate surface area is 107 Å². The van der Waals surface area contributed by atoms with Crippen LogP contribution in [0.25, 0.3) is 0 Å². The van der Waals surface area contributed by atoms with Gasteiger partial charge in [-0.25, -0.2) is 0 Å². The molecule has 0 unspecified atom stereocenters. The van der Waals surface area contributed by atoms with Gasteiger partial charge in [0.1, 0.15) is 0 Å². The Kier molecular flexibility index (Phi) is 6.35. The fourth-order valence-corrected chi connectivity index (χ4v) is 1.74. The van der Waals surface area contributed by atoms with Crippen molar-refractivity contribution in [3.63, 3.8) is 0 Å². The molecule has 5 nitrogen and oxygen atoms in total. The summed E-state index contributed by atoms with van der Waals surface area (Å²) in [4.78, 5) is 13.7. The first kappa shape index (κ1) is 14.6. The summed E-state index contributed by atoms with van der Waals surface area (Å²) in [7, 11) is 1.57. The number of benzene rings is 1. The summed E-state index contributed by atoms with van der Waals surface area (Å²) in [6.45, 7) is 0.520. The summed E-state index contributed by atoms with van der Waals surface area (Å²) in [5, 5.41) is 17.9. The maximum atomic E-state index is 12.3. The highest BCUT2D eigenvalue weighted by molar-refractivity contribution is 5.95. The Morgan fingerprint density at radius 1 is 1.22 bits per heavy atom. The van der Waals surface area contributed by atoms with Gasteiger partial charge in [-0.2, -0.15) is 0 Å². The zero-order valence-corrected chi connectivity index (χ0v) is 10.5. The molecule has 0 heterocycles. The fraction of sp³-hybridized carbons (Fsp3) is 0.462. The van der Waals surface area contributed by atoms with E-state index in [-0.39, 0.29) is 32.2 Å². The molecule has 2 N–H and O–H groups in total. The lowest BCUT2D eigenvalue weighted by Crippen LogP contribution is -2.36. The van der Waals surface area contributed by atoms with E-state index in [4.69, 9.17) is 14.9 Å². The van der Waals surface area contributed by atoms with E-state index >= 15 is 0 Å². The number of methoxy groups -OCH3 is 1. The number of aliphatic hydroxyl groups excluding tert-OH is 2. The molecule has 0 aromatic heterocycles. The van der Waals surface area contributed by atoms with Gasteiger partial charge < -0.3 is 19.8 Å². The molecule has 5 heteroatoms. The maximum Gasteiger partial charge on any atom is 0.254 e. The molecule has 18 heavy (non-hydrogen) atoms. The van der Waals surface area contributed by atoms with Crippen molar-refractivity contribution in [1.29, 1.82) is 0 Å². The monoisotopic (exact) mass is 253 g/mol. The van der Waals surface area contributed by atoms with Gasteiger partial charge in [-0.1, -0.05) is 18.2 Å². The Balaban J connectivity index is 2.92. The summed E-state index contributed by atoms with van der Waals surface area (Å²) in [5.74, 6) is -0.203. The maximum absolute atomic E-state index is 12.3. The SMILES string of the molecule is COCc1ccccc1C(=O)N(CCO)CCO. The van der Waals surface area contributed by atoms with Crippen LogP contribution in [-0.2, 0) is 11.3 Å². The molecule has 0 fully saturated rings. The van der Waals surface area contributed by atoms with Crippen molar-refractivity contribution in [2.75, 3.05) is 33.4 Å². The lowest BCUT2D eigenvalue weighted by molar-refractivity contribution is 0.0680. The lowest BCUT2D eigenvalue weighted by atomic mass is 10.1. The van der Waals surface area contributed by atoms with Crippen LogP contribution < -0.4 is 0 Å². The molecular formula is C13H19NO4. The Morgan fingerprint density at radius 2 is 1.83 bits per heavy atom. The van der Waals surface area contributed by atoms with Gasteiger partial charge in [0.25, 0.3) is 5.91 Å². The van der Waals surface area contributed by atoms with Crippen molar-refractivity contribution < 1.29 is 19.7 Å². The average Bonchev–Trinajstić information content (AvgIpc) is 2.39. The molecule has 1 aromatic carbocycles. The molecule has 0 spiro atoms. The highest BCUT2D eigenvalue weighted by Crippen LogP contribution is 2.12. The van der Waals surface area contributed by atoms with E-state index in [2.05, 4.69) is 0 Å². The van der Waals surface area contributed by atoms with Gasteiger partial charge in [0.15, 0.2) is 0 Å². The molecule has 0 aliphatic carbocycles. The van der Waals surface area contributed by atoms with Crippen LogP contribution in [0.1, 0.15) is 15.9 Å². The predicted molar refractivity (Wildman–Crippen MR) is 67.2 cm³/mol. The van der Waals surface area contributed by atoms with Crippen LogP contribution in [0.2, 0.25) is 0 Å². The molecule has 1 aromatic rings. The lowest BCUT2D eigenvalue weighted by Gasteiger charge is -2.22. The number of ether oxygens (including phenoxy) is 1. The van der Waals surface area contributed by atoms with Crippen molar-refractivity contribution in [2.45, 2.75) is 6.61 Å². The standard InChI is InChI=1S/C13H19NO4/c1-18-10-11-4-2-3-5-12(11)13(17)14(6-8-15)7-9-16/h2-5,15-16H,6-10H2,1H3. The first-order valence-corrected chi connectivity index (χ1v) is 5.82. The minimum absolute atomic E-state index is 0.127. The summed E-state index contributed by atoms with van der Waals surface area (Å²) in [5.41, 5.74) is 1.34. The van der Waals surface area contributed by atoms with Gasteiger partial charge in [0, 0.05) is 25.8 Å². The Morgan fingerprint density at radius 3 is 2.39 bits per heavy atom. The van der Waals surface area contributed by atoms with Crippen molar-refractivity contribution in [2.24, 2.45) is 0 Å². The molecule has 0 aliphatic heterocycles. The summed E-state index contributed by atoms with van der Waals surface area (Å²) in [6, 6.07) is 7.17. The van der Waals surface area contributed by atoms with Crippen LogP contribution in [0.5, 0.6) is 0 Å².